The van der Waals surface area contributed by atoms with Crippen molar-refractivity contribution in [2.24, 2.45) is 0 Å². The fourth-order valence-corrected chi connectivity index (χ4v) is 2.60. The molecule has 0 atom stereocenters. The Balaban J connectivity index is 2.44. The zero-order valence-corrected chi connectivity index (χ0v) is 8.41. The van der Waals surface area contributed by atoms with Crippen molar-refractivity contribution in [2.75, 3.05) is 18.1 Å². The lowest BCUT2D eigenvalue weighted by atomic mass is 9.94. The van der Waals surface area contributed by atoms with Crippen LogP contribution in [0.3, 0.4) is 0 Å². The van der Waals surface area contributed by atoms with Crippen molar-refractivity contribution in [3.63, 3.8) is 0 Å². The van der Waals surface area contributed by atoms with Crippen molar-refractivity contribution in [2.45, 2.75) is 31.7 Å². The average Bonchev–Trinajstić information content (AvgIpc) is 2.16. The van der Waals surface area contributed by atoms with Gasteiger partial charge in [-0.2, -0.15) is 17.0 Å². The number of hydrogen-bond acceptors (Lipinski definition) is 3. The van der Waals surface area contributed by atoms with Gasteiger partial charge in [0.2, 0.25) is 0 Å². The minimum Gasteiger partial charge on any atom is -0.299 e. The maximum Gasteiger partial charge on any atom is 0.108 e. The Bertz CT molecular complexity index is 168. The van der Waals surface area contributed by atoms with Crippen LogP contribution in [0.25, 0.3) is 0 Å². The summed E-state index contributed by atoms with van der Waals surface area (Å²) in [6.45, 7) is 3.11. The van der Waals surface area contributed by atoms with Crippen LogP contribution in [0.15, 0.2) is 0 Å². The number of rotatable bonds is 3. The molecule has 0 saturated carbocycles. The summed E-state index contributed by atoms with van der Waals surface area (Å²) in [7, 11) is 0. The predicted octanol–water partition coefficient (Wildman–Crippen LogP) is 1.78. The molecule has 1 fully saturated rings. The van der Waals surface area contributed by atoms with Crippen LogP contribution in [-0.4, -0.2) is 23.6 Å². The summed E-state index contributed by atoms with van der Waals surface area (Å²) in [5.41, 5.74) is -0.193. The molecule has 0 unspecified atom stereocenters. The Morgan fingerprint density at radius 2 is 2.17 bits per heavy atom. The molecule has 3 heteroatoms. The molecule has 68 valence electrons. The number of thioether (sulfide) groups is 1. The molecule has 0 spiro atoms. The molecule has 1 saturated heterocycles. The van der Waals surface area contributed by atoms with Crippen LogP contribution in [0.4, 0.5) is 0 Å². The first-order valence-electron chi connectivity index (χ1n) is 4.57. The zero-order valence-electron chi connectivity index (χ0n) is 7.60. The van der Waals surface area contributed by atoms with E-state index in [0.717, 1.165) is 37.3 Å². The highest BCUT2D eigenvalue weighted by molar-refractivity contribution is 7.99. The summed E-state index contributed by atoms with van der Waals surface area (Å²) in [6.07, 6.45) is 3.12. The normalized spacial score (nSPS) is 21.7. The topological polar surface area (TPSA) is 35.8 Å². The third-order valence-corrected chi connectivity index (χ3v) is 3.26. The molecule has 2 nitrogen and oxygen atoms in total. The van der Waals surface area contributed by atoms with Gasteiger partial charge >= 0.3 is 0 Å². The lowest BCUT2D eigenvalue weighted by Gasteiger charge is -2.31. The van der Waals surface area contributed by atoms with E-state index in [-0.39, 0.29) is 5.54 Å². The Hall–Kier alpha value is -0.200. The monoisotopic (exact) mass is 184 g/mol. The van der Waals surface area contributed by atoms with E-state index in [1.165, 1.54) is 0 Å². The van der Waals surface area contributed by atoms with Gasteiger partial charge in [0.15, 0.2) is 0 Å². The number of nitriles is 1. The first-order valence-corrected chi connectivity index (χ1v) is 5.72. The van der Waals surface area contributed by atoms with Crippen LogP contribution < -0.4 is 5.32 Å². The minimum absolute atomic E-state index is 0.193. The molecule has 0 radical (unpaired) electrons. The number of nitrogens with zero attached hydrogens (tertiary/aromatic N) is 1. The van der Waals surface area contributed by atoms with E-state index in [1.807, 2.05) is 11.8 Å². The van der Waals surface area contributed by atoms with Gasteiger partial charge < -0.3 is 0 Å². The molecule has 0 bridgehead atoms. The second-order valence-electron chi connectivity index (χ2n) is 3.23. The van der Waals surface area contributed by atoms with Crippen molar-refractivity contribution < 1.29 is 0 Å². The highest BCUT2D eigenvalue weighted by atomic mass is 32.2. The van der Waals surface area contributed by atoms with Crippen LogP contribution in [0, 0.1) is 11.3 Å². The molecular formula is C9H16N2S. The van der Waals surface area contributed by atoms with Gasteiger partial charge in [-0.15, -0.1) is 0 Å². The summed E-state index contributed by atoms with van der Waals surface area (Å²) >= 11 is 1.95. The summed E-state index contributed by atoms with van der Waals surface area (Å²) in [5, 5.41) is 12.4. The molecule has 1 heterocycles. The molecule has 0 aromatic rings. The van der Waals surface area contributed by atoms with Gasteiger partial charge in [-0.3, -0.25) is 5.32 Å². The maximum atomic E-state index is 9.05. The van der Waals surface area contributed by atoms with E-state index in [0.29, 0.717) is 0 Å². The van der Waals surface area contributed by atoms with Crippen LogP contribution in [0.1, 0.15) is 26.2 Å². The van der Waals surface area contributed by atoms with E-state index >= 15 is 0 Å². The molecule has 1 N–H and O–H groups in total. The Kier molecular flexibility index (Phi) is 3.90. The van der Waals surface area contributed by atoms with Crippen molar-refractivity contribution in [3.8, 4) is 6.07 Å². The third kappa shape index (κ3) is 2.40. The van der Waals surface area contributed by atoms with Crippen molar-refractivity contribution >= 4 is 11.8 Å². The molecular weight excluding hydrogens is 168 g/mol. The molecule has 0 aromatic heterocycles. The Morgan fingerprint density at radius 3 is 2.67 bits per heavy atom. The third-order valence-electron chi connectivity index (χ3n) is 2.27. The smallest absolute Gasteiger partial charge is 0.108 e. The Morgan fingerprint density at radius 1 is 1.50 bits per heavy atom. The van der Waals surface area contributed by atoms with Gasteiger partial charge in [0.25, 0.3) is 0 Å². The first-order chi connectivity index (χ1) is 5.83. The molecule has 1 rings (SSSR count). The van der Waals surface area contributed by atoms with Gasteiger partial charge in [0.1, 0.15) is 5.54 Å². The van der Waals surface area contributed by atoms with Crippen LogP contribution in [-0.2, 0) is 0 Å². The molecule has 0 aliphatic carbocycles. The summed E-state index contributed by atoms with van der Waals surface area (Å²) in [4.78, 5) is 0. The van der Waals surface area contributed by atoms with Gasteiger partial charge in [-0.25, -0.2) is 0 Å². The van der Waals surface area contributed by atoms with E-state index in [4.69, 9.17) is 5.26 Å². The minimum atomic E-state index is -0.193. The van der Waals surface area contributed by atoms with Crippen LogP contribution in [0.2, 0.25) is 0 Å². The SMILES string of the molecule is CCCNC1(C#N)CCSCC1. The first kappa shape index (κ1) is 9.88. The van der Waals surface area contributed by atoms with Crippen LogP contribution >= 0.6 is 11.8 Å². The maximum absolute atomic E-state index is 9.05. The highest BCUT2D eigenvalue weighted by Gasteiger charge is 2.30. The van der Waals surface area contributed by atoms with E-state index < -0.39 is 0 Å². The van der Waals surface area contributed by atoms with Crippen molar-refractivity contribution in [3.05, 3.63) is 0 Å². The quantitative estimate of drug-likeness (QED) is 0.726. The largest absolute Gasteiger partial charge is 0.299 e. The second-order valence-corrected chi connectivity index (χ2v) is 4.46. The van der Waals surface area contributed by atoms with Crippen molar-refractivity contribution in [1.82, 2.24) is 5.32 Å². The van der Waals surface area contributed by atoms with Gasteiger partial charge in [-0.05, 0) is 37.3 Å². The van der Waals surface area contributed by atoms with Crippen molar-refractivity contribution in [1.29, 1.82) is 5.26 Å². The Labute approximate surface area is 78.7 Å². The molecule has 1 aliphatic heterocycles. The fourth-order valence-electron chi connectivity index (χ4n) is 1.41. The second kappa shape index (κ2) is 4.74. The van der Waals surface area contributed by atoms with E-state index in [2.05, 4.69) is 18.3 Å². The van der Waals surface area contributed by atoms with Gasteiger partial charge in [-0.1, -0.05) is 6.92 Å². The van der Waals surface area contributed by atoms with E-state index in [1.54, 1.807) is 0 Å². The standard InChI is InChI=1S/C9H16N2S/c1-2-5-11-9(8-10)3-6-12-7-4-9/h11H,2-7H2,1H3. The van der Waals surface area contributed by atoms with Crippen LogP contribution in [0.5, 0.6) is 0 Å². The molecule has 1 aliphatic rings. The predicted molar refractivity (Wildman–Crippen MR) is 53.2 cm³/mol. The lowest BCUT2D eigenvalue weighted by Crippen LogP contribution is -2.47. The number of nitrogens with one attached hydrogen (secondary N) is 1. The average molecular weight is 184 g/mol. The fraction of sp³-hybridized carbons (Fsp3) is 0.889. The molecule has 0 amide bonds. The van der Waals surface area contributed by atoms with Gasteiger partial charge in [0, 0.05) is 0 Å². The zero-order chi connectivity index (χ0) is 8.86. The lowest BCUT2D eigenvalue weighted by molar-refractivity contribution is 0.386. The summed E-state index contributed by atoms with van der Waals surface area (Å²) < 4.78 is 0. The summed E-state index contributed by atoms with van der Waals surface area (Å²) in [6, 6.07) is 2.43. The molecule has 12 heavy (non-hydrogen) atoms. The number of hydrogen-bond donors (Lipinski definition) is 1. The highest BCUT2D eigenvalue weighted by Crippen LogP contribution is 2.26. The van der Waals surface area contributed by atoms with Gasteiger partial charge in [0.05, 0.1) is 6.07 Å². The summed E-state index contributed by atoms with van der Waals surface area (Å²) in [5.74, 6) is 2.26. The molecule has 0 aromatic carbocycles. The van der Waals surface area contributed by atoms with E-state index in [9.17, 15) is 0 Å².